The molecule has 2 aliphatic heterocycles. The van der Waals surface area contributed by atoms with E-state index in [2.05, 4.69) is 31.9 Å². The summed E-state index contributed by atoms with van der Waals surface area (Å²) in [7, 11) is 0. The van der Waals surface area contributed by atoms with Crippen molar-refractivity contribution >= 4 is 53.3 Å². The van der Waals surface area contributed by atoms with Crippen LogP contribution in [0.5, 0.6) is 0 Å². The van der Waals surface area contributed by atoms with E-state index >= 15 is 0 Å². The number of unbranched alkanes of at least 4 members (excludes halogenated alkanes) is 1. The number of nitrogens with one attached hydrogen (secondary N) is 6. The minimum atomic E-state index is -1.79. The van der Waals surface area contributed by atoms with Gasteiger partial charge in [0.15, 0.2) is 12.6 Å². The zero-order valence-corrected chi connectivity index (χ0v) is 37.3. The van der Waals surface area contributed by atoms with Gasteiger partial charge in [0.05, 0.1) is 25.7 Å². The smallest absolute Gasteiger partial charge is 0.325 e. The average Bonchev–Trinajstić information content (AvgIpc) is 3.25. The number of nitrogens with two attached hydrogens (primary N) is 3. The Bertz CT molecular complexity index is 1730. The van der Waals surface area contributed by atoms with E-state index in [0.29, 0.717) is 0 Å². The van der Waals surface area contributed by atoms with Crippen LogP contribution in [0.4, 0.5) is 0 Å². The van der Waals surface area contributed by atoms with Gasteiger partial charge in [-0.05, 0) is 46.5 Å². The first-order valence-electron chi connectivity index (χ1n) is 21.2. The van der Waals surface area contributed by atoms with Crippen molar-refractivity contribution in [3.05, 3.63) is 0 Å². The lowest BCUT2D eigenvalue weighted by Crippen LogP contribution is -2.69. The molecule has 16 atom stereocenters. The highest BCUT2D eigenvalue weighted by molar-refractivity contribution is 5.93. The Hall–Kier alpha value is -5.21. The summed E-state index contributed by atoms with van der Waals surface area (Å²) >= 11 is 0. The van der Waals surface area contributed by atoms with Crippen molar-refractivity contribution in [3.63, 3.8) is 0 Å². The first-order chi connectivity index (χ1) is 31.3. The normalized spacial score (nSPS) is 27.6. The molecule has 0 bridgehead atoms. The summed E-state index contributed by atoms with van der Waals surface area (Å²) in [5, 5.41) is 83.8. The van der Waals surface area contributed by atoms with E-state index in [0.717, 1.165) is 6.92 Å². The Morgan fingerprint density at radius 1 is 0.716 bits per heavy atom. The summed E-state index contributed by atoms with van der Waals surface area (Å²) in [5.74, 6) is -8.71. The van der Waals surface area contributed by atoms with Gasteiger partial charge in [-0.1, -0.05) is 0 Å². The highest BCUT2D eigenvalue weighted by Crippen LogP contribution is 2.30. The number of aliphatic hydroxyl groups excluding tert-OH is 5. The Kier molecular flexibility index (Phi) is 23.8. The molecule has 19 N–H and O–H groups in total. The Morgan fingerprint density at radius 2 is 1.34 bits per heavy atom. The first kappa shape index (κ1) is 57.9. The van der Waals surface area contributed by atoms with Crippen LogP contribution < -0.4 is 49.1 Å². The molecule has 2 heterocycles. The highest BCUT2D eigenvalue weighted by atomic mass is 16.7. The van der Waals surface area contributed by atoms with E-state index < -0.39 is 183 Å². The van der Waals surface area contributed by atoms with Gasteiger partial charge in [0, 0.05) is 19.9 Å². The second-order valence-electron chi connectivity index (χ2n) is 16.0. The van der Waals surface area contributed by atoms with E-state index in [1.807, 2.05) is 0 Å². The lowest BCUT2D eigenvalue weighted by Gasteiger charge is -2.48. The van der Waals surface area contributed by atoms with E-state index in [9.17, 15) is 73.8 Å². The van der Waals surface area contributed by atoms with Crippen molar-refractivity contribution in [2.75, 3.05) is 19.8 Å². The molecule has 382 valence electrons. The summed E-state index contributed by atoms with van der Waals surface area (Å²) in [5.41, 5.74) is 17.0. The van der Waals surface area contributed by atoms with Crippen LogP contribution in [0.25, 0.3) is 0 Å². The van der Waals surface area contributed by atoms with Gasteiger partial charge in [0.2, 0.25) is 41.4 Å². The molecule has 0 saturated carbocycles. The zero-order valence-electron chi connectivity index (χ0n) is 37.3. The van der Waals surface area contributed by atoms with Crippen LogP contribution in [0.2, 0.25) is 0 Å². The Morgan fingerprint density at radius 3 is 1.91 bits per heavy atom. The summed E-state index contributed by atoms with van der Waals surface area (Å²) in [6.07, 6.45) is -15.2. The molecule has 16 unspecified atom stereocenters. The Balaban J connectivity index is 2.08. The minimum absolute atomic E-state index is 0.0469. The second kappa shape index (κ2) is 27.6. The number of hydrogen-bond donors (Lipinski definition) is 16. The van der Waals surface area contributed by atoms with Gasteiger partial charge in [0.25, 0.3) is 0 Å². The predicted molar refractivity (Wildman–Crippen MR) is 223 cm³/mol. The molecule has 0 aliphatic carbocycles. The van der Waals surface area contributed by atoms with Crippen LogP contribution >= 0.6 is 0 Å². The SMILES string of the molecule is CC(=O)NC1C(OC2C(CO)OC(O)C(N)C2OC(C)C(=O)NC(C)C(=O)NC(CCC(=O)NC(CCCCNC(=O)CC(N)C(=O)O)C(=O)NC(C)C(=O)O)C(N)=O)OC(CO)C(O)C1O. The van der Waals surface area contributed by atoms with Crippen molar-refractivity contribution in [2.24, 2.45) is 17.2 Å². The number of ether oxygens (including phenoxy) is 4. The van der Waals surface area contributed by atoms with Gasteiger partial charge in [0.1, 0.15) is 79.0 Å². The van der Waals surface area contributed by atoms with E-state index in [1.165, 1.54) is 20.8 Å². The van der Waals surface area contributed by atoms with Gasteiger partial charge in [-0.2, -0.15) is 0 Å². The molecule has 2 aliphatic rings. The van der Waals surface area contributed by atoms with Gasteiger partial charge in [-0.25, -0.2) is 0 Å². The molecule has 0 radical (unpaired) electrons. The lowest BCUT2D eigenvalue weighted by atomic mass is 9.94. The number of carboxylic acid groups (broad SMARTS) is 2. The summed E-state index contributed by atoms with van der Waals surface area (Å²) in [4.78, 5) is 111. The number of carboxylic acids is 2. The molecule has 0 aromatic rings. The number of amides is 7. The lowest BCUT2D eigenvalue weighted by molar-refractivity contribution is -0.331. The largest absolute Gasteiger partial charge is 0.480 e. The molecular formula is C38H65N9O20. The first-order valence-corrected chi connectivity index (χ1v) is 21.2. The number of rotatable bonds is 27. The molecule has 0 spiro atoms. The molecule has 29 nitrogen and oxygen atoms in total. The van der Waals surface area contributed by atoms with E-state index in [1.54, 1.807) is 0 Å². The minimum Gasteiger partial charge on any atom is -0.480 e. The van der Waals surface area contributed by atoms with Crippen LogP contribution in [0, 0.1) is 0 Å². The molecule has 7 amide bonds. The fraction of sp³-hybridized carbons (Fsp3) is 0.763. The quantitative estimate of drug-likeness (QED) is 0.0340. The van der Waals surface area contributed by atoms with Crippen molar-refractivity contribution < 1.29 is 97.8 Å². The maximum Gasteiger partial charge on any atom is 0.325 e. The van der Waals surface area contributed by atoms with Gasteiger partial charge in [-0.3, -0.25) is 43.2 Å². The Labute approximate surface area is 383 Å². The van der Waals surface area contributed by atoms with Gasteiger partial charge in [-0.15, -0.1) is 0 Å². The third-order valence-corrected chi connectivity index (χ3v) is 10.6. The number of aliphatic hydroxyl groups is 5. The van der Waals surface area contributed by atoms with Crippen molar-refractivity contribution in [2.45, 2.75) is 164 Å². The maximum absolute atomic E-state index is 13.3. The predicted octanol–water partition coefficient (Wildman–Crippen LogP) is -8.46. The summed E-state index contributed by atoms with van der Waals surface area (Å²) in [6.45, 7) is 3.16. The molecular weight excluding hydrogens is 902 g/mol. The van der Waals surface area contributed by atoms with Crippen molar-refractivity contribution in [3.8, 4) is 0 Å². The monoisotopic (exact) mass is 967 g/mol. The average molecular weight is 968 g/mol. The molecule has 67 heavy (non-hydrogen) atoms. The third-order valence-electron chi connectivity index (χ3n) is 10.6. The zero-order chi connectivity index (χ0) is 50.9. The summed E-state index contributed by atoms with van der Waals surface area (Å²) < 4.78 is 22.8. The van der Waals surface area contributed by atoms with Crippen LogP contribution in [0.1, 0.15) is 66.2 Å². The maximum atomic E-state index is 13.3. The number of hydrogen-bond acceptors (Lipinski definition) is 20. The van der Waals surface area contributed by atoms with Crippen molar-refractivity contribution in [1.82, 2.24) is 31.9 Å². The summed E-state index contributed by atoms with van der Waals surface area (Å²) in [6, 6.07) is -9.87. The highest BCUT2D eigenvalue weighted by Gasteiger charge is 2.52. The van der Waals surface area contributed by atoms with Crippen LogP contribution in [-0.2, 0) is 62.1 Å². The fourth-order valence-corrected chi connectivity index (χ4v) is 6.68. The van der Waals surface area contributed by atoms with E-state index in [-0.39, 0.29) is 25.8 Å². The number of carbonyl (C=O) groups is 9. The fourth-order valence-electron chi connectivity index (χ4n) is 6.68. The molecule has 2 fully saturated rings. The van der Waals surface area contributed by atoms with Crippen LogP contribution in [0.15, 0.2) is 0 Å². The molecule has 0 aromatic heterocycles. The standard InChI is InChI=1S/C38H65N9O20/c1-14(43-33(57)16(3)64-30-25(40)37(63)65-22(13-49)29(30)67-38-26(45-17(4)50)28(54)27(53)21(12-48)66-38)32(56)47-19(31(41)55)8-9-23(51)46-20(34(58)44-15(2)35(59)60)7-5-6-10-42-24(52)11-18(39)36(61)62/h14-16,18-22,25-30,37-38,48-49,53-54,63H,5-13,39-40H2,1-4H3,(H2,41,55)(H,42,52)(H,43,57)(H,44,58)(H,45,50)(H,46,51)(H,47,56)(H,59,60)(H,61,62). The third kappa shape index (κ3) is 18.1. The molecule has 29 heteroatoms. The van der Waals surface area contributed by atoms with Gasteiger partial charge >= 0.3 is 11.9 Å². The second-order valence-corrected chi connectivity index (χ2v) is 16.0. The topological polar surface area (TPSA) is 482 Å². The molecule has 2 saturated heterocycles. The number of aliphatic carboxylic acids is 2. The van der Waals surface area contributed by atoms with Gasteiger partial charge < -0.3 is 104 Å². The van der Waals surface area contributed by atoms with Crippen molar-refractivity contribution in [1.29, 1.82) is 0 Å². The number of carbonyl (C=O) groups excluding carboxylic acids is 7. The van der Waals surface area contributed by atoms with Crippen LogP contribution in [0.3, 0.4) is 0 Å². The molecule has 0 aromatic carbocycles. The van der Waals surface area contributed by atoms with E-state index in [4.69, 9.17) is 41.3 Å². The van der Waals surface area contributed by atoms with Crippen LogP contribution in [-0.4, -0.2) is 206 Å². The molecule has 2 rings (SSSR count). The number of primary amides is 1.